The van der Waals surface area contributed by atoms with E-state index in [-0.39, 0.29) is 15.5 Å². The fourth-order valence-corrected chi connectivity index (χ4v) is 4.17. The molecule has 3 rings (SSSR count). The summed E-state index contributed by atoms with van der Waals surface area (Å²) in [7, 11) is -3.61. The Labute approximate surface area is 160 Å². The number of phenolic OH excluding ortho intramolecular Hbond substituents is 1. The molecule has 0 unspecified atom stereocenters. The van der Waals surface area contributed by atoms with Crippen molar-refractivity contribution in [1.29, 1.82) is 0 Å². The van der Waals surface area contributed by atoms with Gasteiger partial charge in [0, 0.05) is 6.54 Å². The fraction of sp³-hybridized carbons (Fsp3) is 0.182. The summed E-state index contributed by atoms with van der Waals surface area (Å²) < 4.78 is 25.2. The number of aromatic hydroxyl groups is 1. The highest BCUT2D eigenvalue weighted by molar-refractivity contribution is 7.91. The van der Waals surface area contributed by atoms with Gasteiger partial charge in [-0.2, -0.15) is 0 Å². The van der Waals surface area contributed by atoms with Gasteiger partial charge in [0.25, 0.3) is 0 Å². The minimum atomic E-state index is -3.61. The Kier molecular flexibility index (Phi) is 6.27. The van der Waals surface area contributed by atoms with Crippen LogP contribution >= 0.6 is 0 Å². The van der Waals surface area contributed by atoms with E-state index >= 15 is 0 Å². The lowest BCUT2D eigenvalue weighted by Gasteiger charge is -2.08. The van der Waals surface area contributed by atoms with E-state index in [0.29, 0.717) is 0 Å². The molecule has 140 valence electrons. The fourth-order valence-electron chi connectivity index (χ4n) is 2.87. The van der Waals surface area contributed by atoms with Crippen molar-refractivity contribution in [2.75, 3.05) is 6.54 Å². The molecular weight excluding hydrogens is 358 g/mol. The predicted octanol–water partition coefficient (Wildman–Crippen LogP) is 3.95. The van der Waals surface area contributed by atoms with Crippen LogP contribution in [0.5, 0.6) is 5.75 Å². The average molecular weight is 381 g/mol. The molecule has 0 radical (unpaired) electrons. The largest absolute Gasteiger partial charge is 0.508 e. The molecule has 0 aliphatic carbocycles. The van der Waals surface area contributed by atoms with Gasteiger partial charge in [-0.15, -0.1) is 0 Å². The Bertz CT molecular complexity index is 968. The number of benzene rings is 3. The van der Waals surface area contributed by atoms with Crippen LogP contribution in [0.15, 0.2) is 88.7 Å². The van der Waals surface area contributed by atoms with Crippen LogP contribution in [-0.2, 0) is 22.8 Å². The first-order valence-electron chi connectivity index (χ1n) is 8.93. The molecular formula is C22H23NO3S. The molecule has 0 amide bonds. The van der Waals surface area contributed by atoms with Crippen LogP contribution in [0.4, 0.5) is 0 Å². The monoisotopic (exact) mass is 381 g/mol. The quantitative estimate of drug-likeness (QED) is 0.580. The maximum Gasteiger partial charge on any atom is 0.206 e. The Morgan fingerprint density at radius 1 is 0.778 bits per heavy atom. The lowest BCUT2D eigenvalue weighted by Crippen LogP contribution is -2.15. The van der Waals surface area contributed by atoms with E-state index in [2.05, 4.69) is 17.4 Å². The van der Waals surface area contributed by atoms with Crippen molar-refractivity contribution in [2.45, 2.75) is 29.2 Å². The highest BCUT2D eigenvalue weighted by Crippen LogP contribution is 2.24. The van der Waals surface area contributed by atoms with Crippen LogP contribution in [0.3, 0.4) is 0 Å². The molecule has 5 heteroatoms. The Hall–Kier alpha value is -2.63. The van der Waals surface area contributed by atoms with Crippen molar-refractivity contribution < 1.29 is 13.5 Å². The smallest absolute Gasteiger partial charge is 0.206 e. The molecule has 0 fully saturated rings. The minimum absolute atomic E-state index is 0.0595. The van der Waals surface area contributed by atoms with Gasteiger partial charge in [-0.1, -0.05) is 48.5 Å². The van der Waals surface area contributed by atoms with Crippen molar-refractivity contribution in [1.82, 2.24) is 5.32 Å². The van der Waals surface area contributed by atoms with Gasteiger partial charge in [0.2, 0.25) is 9.84 Å². The van der Waals surface area contributed by atoms with Gasteiger partial charge in [-0.25, -0.2) is 8.42 Å². The molecule has 0 aromatic heterocycles. The van der Waals surface area contributed by atoms with E-state index < -0.39 is 9.84 Å². The molecule has 27 heavy (non-hydrogen) atoms. The number of rotatable bonds is 8. The first-order chi connectivity index (χ1) is 13.1. The normalized spacial score (nSPS) is 11.4. The summed E-state index contributed by atoms with van der Waals surface area (Å²) in [4.78, 5) is 0.333. The Balaban J connectivity index is 1.53. The van der Waals surface area contributed by atoms with Gasteiger partial charge in [-0.3, -0.25) is 0 Å². The molecule has 0 heterocycles. The standard InChI is InChI=1S/C22H23NO3S/c24-20-9-4-10-22(16-20)27(25,26)21-13-11-18(12-14-21)8-5-15-23-17-19-6-2-1-3-7-19/h1-4,6-7,9-14,16,23-24H,5,8,15,17H2. The van der Waals surface area contributed by atoms with Gasteiger partial charge >= 0.3 is 0 Å². The van der Waals surface area contributed by atoms with Gasteiger partial charge in [0.15, 0.2) is 0 Å². The van der Waals surface area contributed by atoms with Crippen molar-refractivity contribution >= 4 is 9.84 Å². The van der Waals surface area contributed by atoms with Crippen molar-refractivity contribution in [3.63, 3.8) is 0 Å². The molecule has 0 atom stereocenters. The highest BCUT2D eigenvalue weighted by Gasteiger charge is 2.17. The van der Waals surface area contributed by atoms with Gasteiger partial charge < -0.3 is 10.4 Å². The first-order valence-corrected chi connectivity index (χ1v) is 10.4. The van der Waals surface area contributed by atoms with Gasteiger partial charge in [0.1, 0.15) is 5.75 Å². The number of hydrogen-bond donors (Lipinski definition) is 2. The zero-order chi connectivity index (χ0) is 19.1. The summed E-state index contributed by atoms with van der Waals surface area (Å²) in [5.74, 6) is -0.0595. The lowest BCUT2D eigenvalue weighted by molar-refractivity contribution is 0.473. The van der Waals surface area contributed by atoms with Crippen LogP contribution in [0.25, 0.3) is 0 Å². The average Bonchev–Trinajstić information content (AvgIpc) is 2.69. The summed E-state index contributed by atoms with van der Waals surface area (Å²) in [6, 6.07) is 23.0. The van der Waals surface area contributed by atoms with Gasteiger partial charge in [-0.05, 0) is 60.8 Å². The first kappa shape index (κ1) is 19.1. The summed E-state index contributed by atoms with van der Waals surface area (Å²) in [6.07, 6.45) is 1.86. The zero-order valence-electron chi connectivity index (χ0n) is 15.0. The summed E-state index contributed by atoms with van der Waals surface area (Å²) in [6.45, 7) is 1.75. The SMILES string of the molecule is O=S(=O)(c1ccc(CCCNCc2ccccc2)cc1)c1cccc(O)c1. The predicted molar refractivity (Wildman–Crippen MR) is 106 cm³/mol. The van der Waals surface area contributed by atoms with Crippen LogP contribution in [0, 0.1) is 0 Å². The van der Waals surface area contributed by atoms with Crippen molar-refractivity contribution in [2.24, 2.45) is 0 Å². The second kappa shape index (κ2) is 8.84. The van der Waals surface area contributed by atoms with E-state index in [0.717, 1.165) is 31.5 Å². The maximum absolute atomic E-state index is 12.6. The number of sulfone groups is 1. The second-order valence-electron chi connectivity index (χ2n) is 6.41. The third-order valence-corrected chi connectivity index (χ3v) is 6.12. The molecule has 0 bridgehead atoms. The van der Waals surface area contributed by atoms with E-state index in [1.807, 2.05) is 30.3 Å². The molecule has 0 aliphatic rings. The zero-order valence-corrected chi connectivity index (χ0v) is 15.8. The van der Waals surface area contributed by atoms with E-state index in [9.17, 15) is 13.5 Å². The topological polar surface area (TPSA) is 66.4 Å². The molecule has 3 aromatic carbocycles. The molecule has 0 saturated heterocycles. The Morgan fingerprint density at radius 3 is 2.22 bits per heavy atom. The molecule has 2 N–H and O–H groups in total. The number of phenols is 1. The third kappa shape index (κ3) is 5.18. The minimum Gasteiger partial charge on any atom is -0.508 e. The Morgan fingerprint density at radius 2 is 1.52 bits per heavy atom. The lowest BCUT2D eigenvalue weighted by atomic mass is 10.1. The molecule has 0 aliphatic heterocycles. The van der Waals surface area contributed by atoms with Crippen LogP contribution in [0.2, 0.25) is 0 Å². The third-order valence-electron chi connectivity index (χ3n) is 4.35. The molecule has 3 aromatic rings. The summed E-state index contributed by atoms with van der Waals surface area (Å²) >= 11 is 0. The van der Waals surface area contributed by atoms with Crippen LogP contribution in [0.1, 0.15) is 17.5 Å². The number of hydrogen-bond acceptors (Lipinski definition) is 4. The van der Waals surface area contributed by atoms with E-state index in [1.165, 1.54) is 29.8 Å². The van der Waals surface area contributed by atoms with Crippen LogP contribution < -0.4 is 5.32 Å². The maximum atomic E-state index is 12.6. The van der Waals surface area contributed by atoms with Gasteiger partial charge in [0.05, 0.1) is 9.79 Å². The number of aryl methyl sites for hydroxylation is 1. The summed E-state index contributed by atoms with van der Waals surface area (Å²) in [5.41, 5.74) is 2.37. The van der Waals surface area contributed by atoms with Crippen LogP contribution in [-0.4, -0.2) is 20.1 Å². The number of nitrogens with one attached hydrogen (secondary N) is 1. The van der Waals surface area contributed by atoms with Crippen molar-refractivity contribution in [3.8, 4) is 5.75 Å². The van der Waals surface area contributed by atoms with E-state index in [4.69, 9.17) is 0 Å². The van der Waals surface area contributed by atoms with E-state index in [1.54, 1.807) is 12.1 Å². The molecule has 0 spiro atoms. The van der Waals surface area contributed by atoms with Crippen molar-refractivity contribution in [3.05, 3.63) is 90.0 Å². The molecule has 4 nitrogen and oxygen atoms in total. The highest BCUT2D eigenvalue weighted by atomic mass is 32.2. The molecule has 0 saturated carbocycles. The second-order valence-corrected chi connectivity index (χ2v) is 8.36. The summed E-state index contributed by atoms with van der Waals surface area (Å²) in [5, 5.41) is 12.9.